The van der Waals surface area contributed by atoms with E-state index in [2.05, 4.69) is 22.3 Å². The van der Waals surface area contributed by atoms with Crippen molar-refractivity contribution >= 4 is 11.9 Å². The third-order valence-corrected chi connectivity index (χ3v) is 2.49. The number of nitrogens with zero attached hydrogens (tertiary/aromatic N) is 1. The number of nitrogens with one attached hydrogen (secondary N) is 1. The molecule has 1 aromatic rings. The Balaban J connectivity index is 2.16. The second-order valence-corrected chi connectivity index (χ2v) is 4.14. The van der Waals surface area contributed by atoms with Gasteiger partial charge in [-0.3, -0.25) is 4.79 Å². The van der Waals surface area contributed by atoms with Crippen molar-refractivity contribution in [3.05, 3.63) is 35.9 Å². The van der Waals surface area contributed by atoms with Crippen LogP contribution in [0, 0.1) is 0 Å². The van der Waals surface area contributed by atoms with E-state index in [9.17, 15) is 9.59 Å². The number of carboxylic acid groups (broad SMARTS) is 1. The van der Waals surface area contributed by atoms with Gasteiger partial charge < -0.3 is 15.3 Å². The summed E-state index contributed by atoms with van der Waals surface area (Å²) >= 11 is 0. The summed E-state index contributed by atoms with van der Waals surface area (Å²) < 4.78 is 0. The number of benzene rings is 1. The Labute approximate surface area is 106 Å². The van der Waals surface area contributed by atoms with E-state index in [0.29, 0.717) is 6.54 Å². The minimum absolute atomic E-state index is 0.379. The fourth-order valence-electron chi connectivity index (χ4n) is 1.60. The molecule has 0 aliphatic rings. The highest BCUT2D eigenvalue weighted by molar-refractivity contribution is 6.31. The van der Waals surface area contributed by atoms with E-state index < -0.39 is 11.9 Å². The first-order valence-corrected chi connectivity index (χ1v) is 5.83. The number of rotatable bonds is 6. The molecule has 0 radical (unpaired) electrons. The number of carbonyl (C=O) groups excluding carboxylic acids is 1. The van der Waals surface area contributed by atoms with Crippen LogP contribution in [0.1, 0.15) is 12.0 Å². The molecule has 5 heteroatoms. The Kier molecular flexibility index (Phi) is 5.87. The van der Waals surface area contributed by atoms with Crippen molar-refractivity contribution in [3.8, 4) is 0 Å². The average molecular weight is 250 g/mol. The first kappa shape index (κ1) is 14.2. The third-order valence-electron chi connectivity index (χ3n) is 2.49. The molecule has 0 aliphatic heterocycles. The molecule has 0 heterocycles. The molecule has 0 bridgehead atoms. The van der Waals surface area contributed by atoms with Gasteiger partial charge in [-0.25, -0.2) is 4.79 Å². The van der Waals surface area contributed by atoms with Crippen LogP contribution in [0.5, 0.6) is 0 Å². The highest BCUT2D eigenvalue weighted by Gasteiger charge is 2.09. The Bertz CT molecular complexity index is 392. The minimum atomic E-state index is -1.44. The number of carbonyl (C=O) groups is 2. The predicted molar refractivity (Wildman–Crippen MR) is 68.0 cm³/mol. The molecule has 0 aromatic heterocycles. The second-order valence-electron chi connectivity index (χ2n) is 4.14. The van der Waals surface area contributed by atoms with Crippen LogP contribution in [-0.4, -0.2) is 42.0 Å². The first-order chi connectivity index (χ1) is 8.59. The Morgan fingerprint density at radius 2 is 1.94 bits per heavy atom. The van der Waals surface area contributed by atoms with Gasteiger partial charge in [0.1, 0.15) is 0 Å². The maximum absolute atomic E-state index is 10.8. The minimum Gasteiger partial charge on any atom is -0.474 e. The molecule has 2 N–H and O–H groups in total. The normalized spacial score (nSPS) is 10.3. The van der Waals surface area contributed by atoms with Crippen molar-refractivity contribution < 1.29 is 14.7 Å². The van der Waals surface area contributed by atoms with E-state index >= 15 is 0 Å². The van der Waals surface area contributed by atoms with E-state index in [1.54, 1.807) is 0 Å². The standard InChI is InChI=1S/C13H18N2O3/c1-15(10-11-6-3-2-4-7-11)9-5-8-14-12(16)13(17)18/h2-4,6-7H,5,8-10H2,1H3,(H,14,16)(H,17,18). The SMILES string of the molecule is CN(CCCNC(=O)C(=O)O)Cc1ccccc1. The lowest BCUT2D eigenvalue weighted by atomic mass is 10.2. The van der Waals surface area contributed by atoms with E-state index in [0.717, 1.165) is 19.5 Å². The summed E-state index contributed by atoms with van der Waals surface area (Å²) in [5.74, 6) is -2.38. The maximum Gasteiger partial charge on any atom is 0.394 e. The molecule has 0 unspecified atom stereocenters. The topological polar surface area (TPSA) is 69.6 Å². The van der Waals surface area contributed by atoms with Crippen LogP contribution in [0.25, 0.3) is 0 Å². The van der Waals surface area contributed by atoms with Crippen LogP contribution < -0.4 is 5.32 Å². The van der Waals surface area contributed by atoms with Gasteiger partial charge in [0.25, 0.3) is 0 Å². The number of aliphatic carboxylic acids is 1. The molecule has 0 aliphatic carbocycles. The molecule has 5 nitrogen and oxygen atoms in total. The summed E-state index contributed by atoms with van der Waals surface area (Å²) in [6, 6.07) is 10.1. The number of amides is 1. The monoisotopic (exact) mass is 250 g/mol. The van der Waals surface area contributed by atoms with Gasteiger partial charge >= 0.3 is 11.9 Å². The van der Waals surface area contributed by atoms with Gasteiger partial charge in [-0.1, -0.05) is 30.3 Å². The molecule has 1 rings (SSSR count). The van der Waals surface area contributed by atoms with Gasteiger partial charge in [-0.05, 0) is 25.6 Å². The lowest BCUT2D eigenvalue weighted by Gasteiger charge is -2.16. The van der Waals surface area contributed by atoms with Crippen molar-refractivity contribution in [1.29, 1.82) is 0 Å². The lowest BCUT2D eigenvalue weighted by Crippen LogP contribution is -2.33. The highest BCUT2D eigenvalue weighted by Crippen LogP contribution is 2.02. The summed E-state index contributed by atoms with van der Waals surface area (Å²) in [4.78, 5) is 23.1. The summed E-state index contributed by atoms with van der Waals surface area (Å²) in [7, 11) is 1.99. The fraction of sp³-hybridized carbons (Fsp3) is 0.385. The van der Waals surface area contributed by atoms with Crippen LogP contribution in [0.3, 0.4) is 0 Å². The van der Waals surface area contributed by atoms with Crippen LogP contribution >= 0.6 is 0 Å². The Morgan fingerprint density at radius 1 is 1.28 bits per heavy atom. The third kappa shape index (κ3) is 5.45. The molecule has 0 saturated heterocycles. The molecule has 98 valence electrons. The summed E-state index contributed by atoms with van der Waals surface area (Å²) in [6.07, 6.45) is 0.725. The van der Waals surface area contributed by atoms with Crippen LogP contribution in [0.15, 0.2) is 30.3 Å². The first-order valence-electron chi connectivity index (χ1n) is 5.83. The predicted octanol–water partition coefficient (Wildman–Crippen LogP) is 0.709. The zero-order valence-corrected chi connectivity index (χ0v) is 10.4. The Hall–Kier alpha value is -1.88. The van der Waals surface area contributed by atoms with Crippen LogP contribution in [0.4, 0.5) is 0 Å². The molecule has 0 spiro atoms. The molecule has 0 fully saturated rings. The molecular weight excluding hydrogens is 232 g/mol. The van der Waals surface area contributed by atoms with Crippen molar-refractivity contribution in [2.75, 3.05) is 20.1 Å². The quantitative estimate of drug-likeness (QED) is 0.576. The Morgan fingerprint density at radius 3 is 2.56 bits per heavy atom. The number of hydrogen-bond acceptors (Lipinski definition) is 3. The van der Waals surface area contributed by atoms with Crippen molar-refractivity contribution in [2.24, 2.45) is 0 Å². The number of carboxylic acids is 1. The van der Waals surface area contributed by atoms with Gasteiger partial charge in [-0.2, -0.15) is 0 Å². The van der Waals surface area contributed by atoms with Crippen LogP contribution in [-0.2, 0) is 16.1 Å². The molecule has 18 heavy (non-hydrogen) atoms. The van der Waals surface area contributed by atoms with Gasteiger partial charge in [0.15, 0.2) is 0 Å². The maximum atomic E-state index is 10.8. The number of hydrogen-bond donors (Lipinski definition) is 2. The van der Waals surface area contributed by atoms with Gasteiger partial charge in [0.05, 0.1) is 0 Å². The van der Waals surface area contributed by atoms with Crippen molar-refractivity contribution in [3.63, 3.8) is 0 Å². The summed E-state index contributed by atoms with van der Waals surface area (Å²) in [5, 5.41) is 10.7. The average Bonchev–Trinajstić information content (AvgIpc) is 2.35. The van der Waals surface area contributed by atoms with E-state index in [-0.39, 0.29) is 0 Å². The van der Waals surface area contributed by atoms with Crippen molar-refractivity contribution in [2.45, 2.75) is 13.0 Å². The molecular formula is C13H18N2O3. The largest absolute Gasteiger partial charge is 0.474 e. The smallest absolute Gasteiger partial charge is 0.394 e. The van der Waals surface area contributed by atoms with E-state index in [4.69, 9.17) is 5.11 Å². The fourth-order valence-corrected chi connectivity index (χ4v) is 1.60. The summed E-state index contributed by atoms with van der Waals surface area (Å²) in [5.41, 5.74) is 1.23. The lowest BCUT2D eigenvalue weighted by molar-refractivity contribution is -0.150. The summed E-state index contributed by atoms with van der Waals surface area (Å²) in [6.45, 7) is 2.02. The van der Waals surface area contributed by atoms with Crippen molar-refractivity contribution in [1.82, 2.24) is 10.2 Å². The molecule has 0 atom stereocenters. The van der Waals surface area contributed by atoms with Gasteiger partial charge in [0, 0.05) is 13.1 Å². The highest BCUT2D eigenvalue weighted by atomic mass is 16.4. The van der Waals surface area contributed by atoms with Crippen LogP contribution in [0.2, 0.25) is 0 Å². The van der Waals surface area contributed by atoms with Gasteiger partial charge in [0.2, 0.25) is 0 Å². The zero-order chi connectivity index (χ0) is 13.4. The molecule has 0 saturated carbocycles. The molecule has 1 amide bonds. The zero-order valence-electron chi connectivity index (χ0n) is 10.4. The van der Waals surface area contributed by atoms with E-state index in [1.165, 1.54) is 5.56 Å². The second kappa shape index (κ2) is 7.45. The van der Waals surface area contributed by atoms with E-state index in [1.807, 2.05) is 25.2 Å². The van der Waals surface area contributed by atoms with Gasteiger partial charge in [-0.15, -0.1) is 0 Å². The molecule has 1 aromatic carbocycles.